The lowest BCUT2D eigenvalue weighted by molar-refractivity contribution is 0.101. The molecule has 0 saturated heterocycles. The first-order valence-corrected chi connectivity index (χ1v) is 7.71. The lowest BCUT2D eigenvalue weighted by Gasteiger charge is -2.09. The van der Waals surface area contributed by atoms with Gasteiger partial charge in [-0.1, -0.05) is 22.8 Å². The van der Waals surface area contributed by atoms with Crippen molar-refractivity contribution >= 4 is 11.9 Å². The van der Waals surface area contributed by atoms with E-state index in [-0.39, 0.29) is 18.0 Å². The summed E-state index contributed by atoms with van der Waals surface area (Å²) in [4.78, 5) is 12.4. The number of aryl methyl sites for hydroxylation is 2. The number of hydrogen-bond donors (Lipinski definition) is 1. The smallest absolute Gasteiger partial charge is 0.322 e. The summed E-state index contributed by atoms with van der Waals surface area (Å²) in [7, 11) is 0. The van der Waals surface area contributed by atoms with Crippen LogP contribution in [0.25, 0.3) is 11.5 Å². The number of anilines is 1. The maximum absolute atomic E-state index is 12.4. The summed E-state index contributed by atoms with van der Waals surface area (Å²) in [6, 6.07) is 7.74. The summed E-state index contributed by atoms with van der Waals surface area (Å²) >= 11 is 0. The van der Waals surface area contributed by atoms with E-state index < -0.39 is 0 Å². The molecule has 0 saturated carbocycles. The fourth-order valence-corrected chi connectivity index (χ4v) is 2.50. The number of hydrogen-bond acceptors (Lipinski definition) is 5. The summed E-state index contributed by atoms with van der Waals surface area (Å²) < 4.78 is 7.21. The van der Waals surface area contributed by atoms with E-state index in [4.69, 9.17) is 4.42 Å². The molecule has 0 bridgehead atoms. The molecule has 2 aromatic heterocycles. The second kappa shape index (κ2) is 6.27. The van der Waals surface area contributed by atoms with E-state index in [1.165, 1.54) is 0 Å². The number of amides is 1. The Balaban J connectivity index is 1.81. The Morgan fingerprint density at radius 3 is 2.71 bits per heavy atom. The van der Waals surface area contributed by atoms with Gasteiger partial charge in [-0.25, -0.2) is 0 Å². The largest absolute Gasteiger partial charge is 0.403 e. The van der Waals surface area contributed by atoms with Crippen LogP contribution in [0.15, 0.2) is 34.9 Å². The molecule has 0 aliphatic heterocycles. The maximum atomic E-state index is 12.4. The monoisotopic (exact) mass is 325 g/mol. The molecule has 0 spiro atoms. The molecule has 7 nitrogen and oxygen atoms in total. The number of aromatic nitrogens is 4. The van der Waals surface area contributed by atoms with Crippen LogP contribution < -0.4 is 5.32 Å². The number of carbonyl (C=O) groups excluding carboxylic acids is 1. The highest BCUT2D eigenvalue weighted by Crippen LogP contribution is 2.24. The molecule has 3 rings (SSSR count). The van der Waals surface area contributed by atoms with Gasteiger partial charge < -0.3 is 4.42 Å². The van der Waals surface area contributed by atoms with E-state index >= 15 is 0 Å². The first-order valence-electron chi connectivity index (χ1n) is 7.71. The van der Waals surface area contributed by atoms with Crippen molar-refractivity contribution in [1.29, 1.82) is 0 Å². The van der Waals surface area contributed by atoms with Crippen molar-refractivity contribution in [3.63, 3.8) is 0 Å². The standard InChI is InChI=1S/C17H19N5O2/c1-10(2)22-14(7-8-18-22)15(23)19-17-21-20-16(24-17)13-6-5-11(3)9-12(13)4/h5-10H,1-4H3,(H,19,21,23). The Morgan fingerprint density at radius 2 is 2.00 bits per heavy atom. The van der Waals surface area contributed by atoms with Crippen molar-refractivity contribution in [2.24, 2.45) is 0 Å². The molecule has 0 radical (unpaired) electrons. The Labute approximate surface area is 139 Å². The van der Waals surface area contributed by atoms with Crippen molar-refractivity contribution in [2.45, 2.75) is 33.7 Å². The summed E-state index contributed by atoms with van der Waals surface area (Å²) in [5.41, 5.74) is 3.48. The zero-order chi connectivity index (χ0) is 17.3. The minimum absolute atomic E-state index is 0.0616. The van der Waals surface area contributed by atoms with Gasteiger partial charge >= 0.3 is 6.01 Å². The summed E-state index contributed by atoms with van der Waals surface area (Å²) in [6.07, 6.45) is 1.59. The van der Waals surface area contributed by atoms with Gasteiger partial charge in [0.25, 0.3) is 5.91 Å². The number of carbonyl (C=O) groups is 1. The Morgan fingerprint density at radius 1 is 1.21 bits per heavy atom. The number of nitrogens with one attached hydrogen (secondary N) is 1. The van der Waals surface area contributed by atoms with Crippen molar-refractivity contribution in [2.75, 3.05) is 5.32 Å². The molecule has 0 aliphatic carbocycles. The van der Waals surface area contributed by atoms with Crippen LogP contribution in [0.2, 0.25) is 0 Å². The SMILES string of the molecule is Cc1ccc(-c2nnc(NC(=O)c3ccnn3C(C)C)o2)c(C)c1. The van der Waals surface area contributed by atoms with Crippen LogP contribution in [0.5, 0.6) is 0 Å². The molecule has 3 aromatic rings. The van der Waals surface area contributed by atoms with Gasteiger partial charge in [0.2, 0.25) is 5.89 Å². The molecular formula is C17H19N5O2. The molecule has 124 valence electrons. The fourth-order valence-electron chi connectivity index (χ4n) is 2.50. The van der Waals surface area contributed by atoms with Gasteiger partial charge in [0, 0.05) is 17.8 Å². The lowest BCUT2D eigenvalue weighted by Crippen LogP contribution is -2.19. The van der Waals surface area contributed by atoms with Crippen LogP contribution in [0, 0.1) is 13.8 Å². The van der Waals surface area contributed by atoms with Crippen molar-refractivity contribution in [3.05, 3.63) is 47.3 Å². The summed E-state index contributed by atoms with van der Waals surface area (Å²) in [5, 5.41) is 14.7. The molecule has 0 fully saturated rings. The first kappa shape index (κ1) is 15.9. The van der Waals surface area contributed by atoms with E-state index in [1.54, 1.807) is 16.9 Å². The van der Waals surface area contributed by atoms with Crippen LogP contribution in [0.1, 0.15) is 41.5 Å². The highest BCUT2D eigenvalue weighted by molar-refractivity contribution is 6.01. The van der Waals surface area contributed by atoms with E-state index in [0.29, 0.717) is 11.6 Å². The normalized spacial score (nSPS) is 11.0. The minimum Gasteiger partial charge on any atom is -0.403 e. The Kier molecular flexibility index (Phi) is 4.16. The molecule has 0 aliphatic rings. The zero-order valence-electron chi connectivity index (χ0n) is 14.1. The third-order valence-corrected chi connectivity index (χ3v) is 3.65. The van der Waals surface area contributed by atoms with Gasteiger partial charge in [0.05, 0.1) is 0 Å². The lowest BCUT2D eigenvalue weighted by atomic mass is 10.1. The van der Waals surface area contributed by atoms with Gasteiger partial charge in [0.1, 0.15) is 5.69 Å². The van der Waals surface area contributed by atoms with Crippen LogP contribution in [-0.4, -0.2) is 25.9 Å². The topological polar surface area (TPSA) is 85.8 Å². The van der Waals surface area contributed by atoms with Gasteiger partial charge in [-0.05, 0) is 45.4 Å². The number of benzene rings is 1. The highest BCUT2D eigenvalue weighted by atomic mass is 16.4. The molecule has 24 heavy (non-hydrogen) atoms. The summed E-state index contributed by atoms with van der Waals surface area (Å²) in [5.74, 6) is 0.0391. The quantitative estimate of drug-likeness (QED) is 0.794. The van der Waals surface area contributed by atoms with Crippen molar-refractivity contribution in [1.82, 2.24) is 20.0 Å². The van der Waals surface area contributed by atoms with Gasteiger partial charge in [-0.15, -0.1) is 5.10 Å². The first-order chi connectivity index (χ1) is 11.5. The van der Waals surface area contributed by atoms with Gasteiger partial charge in [-0.3, -0.25) is 14.8 Å². The number of rotatable bonds is 4. The Hall–Kier alpha value is -2.96. The van der Waals surface area contributed by atoms with Crippen LogP contribution in [-0.2, 0) is 0 Å². The van der Waals surface area contributed by atoms with Gasteiger partial charge in [-0.2, -0.15) is 5.10 Å². The van der Waals surface area contributed by atoms with Crippen LogP contribution in [0.4, 0.5) is 6.01 Å². The predicted molar refractivity (Wildman–Crippen MR) is 89.8 cm³/mol. The molecule has 1 aromatic carbocycles. The predicted octanol–water partition coefficient (Wildman–Crippen LogP) is 3.38. The highest BCUT2D eigenvalue weighted by Gasteiger charge is 2.18. The third kappa shape index (κ3) is 3.05. The zero-order valence-corrected chi connectivity index (χ0v) is 14.1. The minimum atomic E-state index is -0.336. The molecule has 2 heterocycles. The Bertz CT molecular complexity index is 879. The fraction of sp³-hybridized carbons (Fsp3) is 0.294. The van der Waals surface area contributed by atoms with Crippen LogP contribution in [0.3, 0.4) is 0 Å². The third-order valence-electron chi connectivity index (χ3n) is 3.65. The van der Waals surface area contributed by atoms with Crippen molar-refractivity contribution < 1.29 is 9.21 Å². The average Bonchev–Trinajstić information content (AvgIpc) is 3.16. The van der Waals surface area contributed by atoms with Crippen LogP contribution >= 0.6 is 0 Å². The second-order valence-electron chi connectivity index (χ2n) is 5.94. The van der Waals surface area contributed by atoms with Crippen molar-refractivity contribution in [3.8, 4) is 11.5 Å². The molecule has 0 atom stereocenters. The second-order valence-corrected chi connectivity index (χ2v) is 5.94. The van der Waals surface area contributed by atoms with E-state index in [0.717, 1.165) is 16.7 Å². The molecule has 0 unspecified atom stereocenters. The molecule has 7 heteroatoms. The molecular weight excluding hydrogens is 306 g/mol. The van der Waals surface area contributed by atoms with Gasteiger partial charge in [0.15, 0.2) is 0 Å². The molecule has 1 amide bonds. The molecule has 1 N–H and O–H groups in total. The maximum Gasteiger partial charge on any atom is 0.322 e. The van der Waals surface area contributed by atoms with E-state index in [1.807, 2.05) is 45.9 Å². The average molecular weight is 325 g/mol. The number of nitrogens with zero attached hydrogens (tertiary/aromatic N) is 4. The summed E-state index contributed by atoms with van der Waals surface area (Å²) in [6.45, 7) is 7.91. The van der Waals surface area contributed by atoms with E-state index in [9.17, 15) is 4.79 Å². The van der Waals surface area contributed by atoms with E-state index in [2.05, 4.69) is 20.6 Å².